The van der Waals surface area contributed by atoms with Gasteiger partial charge in [-0.2, -0.15) is 0 Å². The summed E-state index contributed by atoms with van der Waals surface area (Å²) in [4.78, 5) is 10.7. The molecule has 9 heterocycles. The molecule has 760 valence electrons. The molecule has 21 nitrogen and oxygen atoms in total. The summed E-state index contributed by atoms with van der Waals surface area (Å²) in [5.74, 6) is 4.13. The fourth-order valence-corrected chi connectivity index (χ4v) is 19.4. The van der Waals surface area contributed by atoms with Gasteiger partial charge in [0.15, 0.2) is 0 Å². The Morgan fingerprint density at radius 3 is 1.09 bits per heavy atom. The van der Waals surface area contributed by atoms with Gasteiger partial charge in [0.05, 0.1) is 71.1 Å². The van der Waals surface area contributed by atoms with Crippen LogP contribution in [0, 0.1) is 40.4 Å². The van der Waals surface area contributed by atoms with E-state index in [1.165, 1.54) is 200 Å². The Kier molecular flexibility index (Phi) is 52.4. The zero-order chi connectivity index (χ0) is 95.3. The molecule has 0 aromatic heterocycles. The Morgan fingerprint density at radius 1 is 0.305 bits per heavy atom. The Morgan fingerprint density at radius 2 is 0.672 bits per heavy atom. The van der Waals surface area contributed by atoms with Crippen LogP contribution in [0.5, 0.6) is 0 Å². The van der Waals surface area contributed by atoms with Gasteiger partial charge in [-0.05, 0) is 421 Å². The van der Waals surface area contributed by atoms with Crippen molar-refractivity contribution in [3.05, 3.63) is 0 Å². The van der Waals surface area contributed by atoms with Crippen molar-refractivity contribution in [1.29, 1.82) is 0 Å². The van der Waals surface area contributed by atoms with Gasteiger partial charge >= 0.3 is 0 Å². The molecule has 0 aromatic carbocycles. The highest BCUT2D eigenvalue weighted by Crippen LogP contribution is 2.40. The van der Waals surface area contributed by atoms with Gasteiger partial charge in [0.25, 0.3) is 0 Å². The van der Waals surface area contributed by atoms with E-state index in [0.29, 0.717) is 40.9 Å². The predicted octanol–water partition coefficient (Wildman–Crippen LogP) is 17.5. The summed E-state index contributed by atoms with van der Waals surface area (Å²) in [7, 11) is 0. The molecule has 9 saturated heterocycles. The predicted molar refractivity (Wildman–Crippen MR) is 547 cm³/mol. The number of nitrogens with zero attached hydrogens (tertiary/aromatic N) is 4. The summed E-state index contributed by atoms with van der Waals surface area (Å²) < 4.78 is 38.0. The second-order valence-corrected chi connectivity index (χ2v) is 52.2. The molecule has 0 radical (unpaired) electrons. The van der Waals surface area contributed by atoms with Gasteiger partial charge in [0.2, 0.25) is 0 Å². The van der Waals surface area contributed by atoms with Gasteiger partial charge < -0.3 is 91.2 Å². The number of nitrogens with one attached hydrogen (secondary N) is 10. The van der Waals surface area contributed by atoms with Crippen molar-refractivity contribution in [2.75, 3.05) is 184 Å². The van der Waals surface area contributed by atoms with Gasteiger partial charge in [0, 0.05) is 165 Å². The van der Waals surface area contributed by atoms with Crippen LogP contribution in [0.3, 0.4) is 0 Å². The van der Waals surface area contributed by atoms with Crippen LogP contribution >= 0.6 is 0 Å². The van der Waals surface area contributed by atoms with E-state index in [4.69, 9.17) is 33.2 Å². The van der Waals surface area contributed by atoms with Gasteiger partial charge in [-0.3, -0.25) is 14.7 Å². The molecular weight excluding hydrogens is 1590 g/mol. The van der Waals surface area contributed by atoms with Crippen molar-refractivity contribution in [3.63, 3.8) is 0 Å². The fourth-order valence-electron chi connectivity index (χ4n) is 19.4. The van der Waals surface area contributed by atoms with Crippen molar-refractivity contribution in [3.8, 4) is 0 Å². The molecule has 4 unspecified atom stereocenters. The molecule has 8 atom stereocenters. The number of rotatable bonds is 19. The van der Waals surface area contributed by atoms with Crippen LogP contribution in [0.15, 0.2) is 0 Å². The van der Waals surface area contributed by atoms with E-state index in [1.54, 1.807) is 0 Å². The van der Waals surface area contributed by atoms with Gasteiger partial charge in [-0.25, -0.2) is 0 Å². The summed E-state index contributed by atoms with van der Waals surface area (Å²) in [6, 6.07) is 6.34. The van der Waals surface area contributed by atoms with Crippen molar-refractivity contribution < 1.29 is 33.2 Å². The summed E-state index contributed by atoms with van der Waals surface area (Å²) in [6.07, 6.45) is 29.7. The monoisotopic (exact) mass is 1810 g/mol. The van der Waals surface area contributed by atoms with E-state index in [9.17, 15) is 0 Å². The van der Waals surface area contributed by atoms with E-state index >= 15 is 0 Å². The van der Waals surface area contributed by atoms with Crippen molar-refractivity contribution in [1.82, 2.24) is 72.8 Å². The summed E-state index contributed by atoms with van der Waals surface area (Å²) in [5.41, 5.74) is 3.25. The molecule has 4 aliphatic carbocycles. The maximum atomic E-state index is 5.63. The van der Waals surface area contributed by atoms with Crippen LogP contribution in [-0.2, 0) is 33.2 Å². The van der Waals surface area contributed by atoms with Crippen molar-refractivity contribution in [2.24, 2.45) is 40.4 Å². The molecular formula is C107H220N14O7. The van der Waals surface area contributed by atoms with E-state index in [-0.39, 0.29) is 49.9 Å². The topological polar surface area (TPSA) is 198 Å². The maximum absolute atomic E-state index is 5.63. The summed E-state index contributed by atoms with van der Waals surface area (Å²) in [6.45, 7) is 101. The number of morpholine rings is 3. The lowest BCUT2D eigenvalue weighted by molar-refractivity contribution is -0.0380. The standard InChI is InChI=1S/C15H30N2O.C14H28N2O.C13H26N2O.2C13H27N.C12H24N2.C9H20N2O.C9H19NO2.C9H19NO/c1-12-11-18-10-7-14(12)17-8-5-13(6-9-17)16-15(2,3)4;1-14(2,3)15-10-12-4-7-16(11-12)13-5-8-17-9-6-13;1-13(2,3)14-11-4-5-12(10-11)15-6-8-16-9-7-15;2*1-12(2,3)14-10-11-6-8-13(4,5)9-7-11;1-12(2,3)13-10-6-8-14(9-7-10)11-4-5-11;1-9(2,3)11-6-8-7-12-5-4-10-8;1-9(2,3)12-7-8-6-11-5-4-10-8;1-9(2,3)10-6-8-4-5-11-7-8/h12-14,16H,5-11H2,1-4H3;12-13,15H,4-11H2,1-3H3;11-12,14H,4-10H2,1-3H3;2*11,14H,6-10H2,1-5H3;10-11,13H,4-9H2,1-3H3;8,10-11H,4-7H2,1-3H3;8,10H,4-7H2,1-3H3;8,10H,4-7H2,1-3H3/t12-,14+;12-;11-,12?;;;;;;/m011....../s1. The van der Waals surface area contributed by atoms with Crippen LogP contribution in [0.2, 0.25) is 0 Å². The first-order valence-corrected chi connectivity index (χ1v) is 53.0. The number of piperidine rings is 2. The largest absolute Gasteiger partial charge is 0.381 e. The molecule has 0 aromatic rings. The second-order valence-electron chi connectivity index (χ2n) is 52.2. The number of ether oxygens (including phenoxy) is 7. The highest BCUT2D eigenvalue weighted by Gasteiger charge is 2.38. The molecule has 4 saturated carbocycles. The van der Waals surface area contributed by atoms with E-state index in [1.807, 2.05) is 0 Å². The summed E-state index contributed by atoms with van der Waals surface area (Å²) >= 11 is 0. The molecule has 13 rings (SSSR count). The van der Waals surface area contributed by atoms with E-state index < -0.39 is 0 Å². The van der Waals surface area contributed by atoms with Crippen molar-refractivity contribution in [2.45, 2.75) is 467 Å². The van der Waals surface area contributed by atoms with Gasteiger partial charge in [-0.15, -0.1) is 0 Å². The zero-order valence-corrected chi connectivity index (χ0v) is 90.6. The lowest BCUT2D eigenvalue weighted by Gasteiger charge is -2.43. The van der Waals surface area contributed by atoms with E-state index in [2.05, 4.69) is 294 Å². The SMILES string of the molecule is CC(C)(C)NC1CCN(C2CC2)CC1.CC(C)(C)NCC1CCOC1.CC(C)(C)NCC1COCCN1.CC(C)(C)NC[C@H]1CCN(C2CCOCC2)C1.CC(C)(C)N[C@@H]1CCC(N2CCOCC2)C1.CC(C)(C)OCC1COCCN1.CC1(C)CCC(CNC(C)(C)C)CC1.CC1(C)CCC(CNC(C)(C)C)CC1.C[C@H]1COCC[C@H]1N1CCC(NC(C)(C)C)CC1. The Bertz CT molecular complexity index is 2690. The Labute approximate surface area is 793 Å². The quantitative estimate of drug-likeness (QED) is 0.0585. The highest BCUT2D eigenvalue weighted by atomic mass is 16.5. The minimum absolute atomic E-state index is 0.0425. The third-order valence-electron chi connectivity index (χ3n) is 27.3. The second kappa shape index (κ2) is 57.0. The normalized spacial score (nSPS) is 27.8. The smallest absolute Gasteiger partial charge is 0.0649 e. The molecule has 21 heteroatoms. The number of hydrogen-bond donors (Lipinski definition) is 10. The number of likely N-dealkylation sites (tertiary alicyclic amines) is 3. The third kappa shape index (κ3) is 58.8. The molecule has 128 heavy (non-hydrogen) atoms. The minimum Gasteiger partial charge on any atom is -0.381 e. The van der Waals surface area contributed by atoms with Gasteiger partial charge in [0.1, 0.15) is 0 Å². The van der Waals surface area contributed by atoms with Gasteiger partial charge in [-0.1, -0.05) is 34.6 Å². The van der Waals surface area contributed by atoms with Crippen LogP contribution in [0.1, 0.15) is 363 Å². The Hall–Kier alpha value is -0.840. The molecule has 9 aliphatic heterocycles. The van der Waals surface area contributed by atoms with Crippen LogP contribution in [0.4, 0.5) is 0 Å². The number of hydrogen-bond acceptors (Lipinski definition) is 21. The first-order chi connectivity index (χ1) is 59.4. The molecule has 13 aliphatic rings. The average molecular weight is 1820 g/mol. The van der Waals surface area contributed by atoms with Crippen LogP contribution in [0.25, 0.3) is 0 Å². The lowest BCUT2D eigenvalue weighted by atomic mass is 9.73. The Balaban J connectivity index is 0.000000256. The molecule has 0 amide bonds. The maximum Gasteiger partial charge on any atom is 0.0649 e. The summed E-state index contributed by atoms with van der Waals surface area (Å²) in [5, 5.41) is 35.7. The molecule has 0 spiro atoms. The van der Waals surface area contributed by atoms with Crippen molar-refractivity contribution >= 4 is 0 Å². The van der Waals surface area contributed by atoms with Crippen LogP contribution in [-0.4, -0.2) is 308 Å². The molecule has 13 fully saturated rings. The lowest BCUT2D eigenvalue weighted by Crippen LogP contribution is -2.53. The average Bonchev–Trinajstić information content (AvgIpc) is 1.61. The zero-order valence-electron chi connectivity index (χ0n) is 90.6. The first-order valence-electron chi connectivity index (χ1n) is 53.0. The fraction of sp³-hybridized carbons (Fsp3) is 1.00. The first kappa shape index (κ1) is 118. The van der Waals surface area contributed by atoms with E-state index in [0.717, 1.165) is 179 Å². The third-order valence-corrected chi connectivity index (χ3v) is 27.3. The molecule has 0 bridgehead atoms. The highest BCUT2D eigenvalue weighted by molar-refractivity contribution is 4.95. The minimum atomic E-state index is -0.0425. The molecule has 10 N–H and O–H groups in total. The van der Waals surface area contributed by atoms with Crippen LogP contribution < -0.4 is 53.2 Å².